The lowest BCUT2D eigenvalue weighted by Crippen LogP contribution is -2.36. The van der Waals surface area contributed by atoms with E-state index in [2.05, 4.69) is 21.2 Å². The van der Waals surface area contributed by atoms with Crippen molar-refractivity contribution in [3.63, 3.8) is 0 Å². The second-order valence-electron chi connectivity index (χ2n) is 6.18. The number of piperidine rings is 1. The van der Waals surface area contributed by atoms with E-state index in [4.69, 9.17) is 0 Å². The predicted octanol–water partition coefficient (Wildman–Crippen LogP) is 3.66. The Balaban J connectivity index is 1.67. The minimum Gasteiger partial charge on any atom is -0.351 e. The molecule has 0 atom stereocenters. The molecule has 2 aromatic rings. The van der Waals surface area contributed by atoms with Crippen molar-refractivity contribution in [2.45, 2.75) is 30.6 Å². The lowest BCUT2D eigenvalue weighted by Gasteiger charge is -2.25. The first kappa shape index (κ1) is 19.5. The number of amides is 1. The number of nitrogens with one attached hydrogen (secondary N) is 1. The van der Waals surface area contributed by atoms with Gasteiger partial charge in [-0.1, -0.05) is 40.5 Å². The summed E-state index contributed by atoms with van der Waals surface area (Å²) in [7, 11) is -3.60. The van der Waals surface area contributed by atoms with Crippen LogP contribution in [0.15, 0.2) is 45.1 Å². The molecule has 3 rings (SSSR count). The molecule has 5 nitrogen and oxygen atoms in total. The molecule has 8 heteroatoms. The summed E-state index contributed by atoms with van der Waals surface area (Å²) >= 11 is 4.66. The molecular formula is C18H21BrN2O3S2. The summed E-state index contributed by atoms with van der Waals surface area (Å²) < 4.78 is 28.2. The van der Waals surface area contributed by atoms with Crippen LogP contribution in [0.1, 0.15) is 34.5 Å². The third-order valence-electron chi connectivity index (χ3n) is 4.41. The molecule has 1 N–H and O–H groups in total. The lowest BCUT2D eigenvalue weighted by atomic mass is 10.1. The van der Waals surface area contributed by atoms with Gasteiger partial charge in [-0.2, -0.15) is 4.31 Å². The smallest absolute Gasteiger partial charge is 0.262 e. The Morgan fingerprint density at radius 1 is 1.15 bits per heavy atom. The van der Waals surface area contributed by atoms with Crippen LogP contribution in [0.4, 0.5) is 0 Å². The van der Waals surface area contributed by atoms with E-state index in [1.165, 1.54) is 21.7 Å². The summed E-state index contributed by atoms with van der Waals surface area (Å²) in [5.74, 6) is -0.331. The van der Waals surface area contributed by atoms with Crippen LogP contribution in [-0.4, -0.2) is 38.3 Å². The molecule has 1 fully saturated rings. The zero-order chi connectivity index (χ0) is 18.6. The molecule has 0 saturated carbocycles. The molecule has 26 heavy (non-hydrogen) atoms. The van der Waals surface area contributed by atoms with Crippen LogP contribution in [0.25, 0.3) is 0 Å². The van der Waals surface area contributed by atoms with Gasteiger partial charge in [0.15, 0.2) is 0 Å². The third-order valence-corrected chi connectivity index (χ3v) is 8.16. The van der Waals surface area contributed by atoms with Crippen LogP contribution in [0.2, 0.25) is 0 Å². The van der Waals surface area contributed by atoms with Crippen molar-refractivity contribution in [2.75, 3.05) is 19.6 Å². The van der Waals surface area contributed by atoms with E-state index >= 15 is 0 Å². The van der Waals surface area contributed by atoms with Crippen LogP contribution in [0, 0.1) is 0 Å². The van der Waals surface area contributed by atoms with E-state index in [0.717, 1.165) is 29.3 Å². The Kier molecular flexibility index (Phi) is 6.50. The summed E-state index contributed by atoms with van der Waals surface area (Å²) in [5.41, 5.74) is 1.10. The molecule has 0 radical (unpaired) electrons. The number of carbonyl (C=O) groups excluding carboxylic acids is 1. The Hall–Kier alpha value is -1.22. The van der Waals surface area contributed by atoms with Crippen molar-refractivity contribution in [3.8, 4) is 0 Å². The summed E-state index contributed by atoms with van der Waals surface area (Å²) in [6, 6.07) is 9.38. The van der Waals surface area contributed by atoms with E-state index in [9.17, 15) is 13.2 Å². The molecule has 1 aromatic carbocycles. The highest BCUT2D eigenvalue weighted by molar-refractivity contribution is 9.10. The summed E-state index contributed by atoms with van der Waals surface area (Å²) in [6.07, 6.45) is 3.47. The molecular weight excluding hydrogens is 436 g/mol. The van der Waals surface area contributed by atoms with Gasteiger partial charge in [0.05, 0.1) is 0 Å². The monoisotopic (exact) mass is 456 g/mol. The first-order valence-electron chi connectivity index (χ1n) is 8.59. The quantitative estimate of drug-likeness (QED) is 0.720. The van der Waals surface area contributed by atoms with Gasteiger partial charge in [-0.25, -0.2) is 8.42 Å². The number of thiophene rings is 1. The largest absolute Gasteiger partial charge is 0.351 e. The van der Waals surface area contributed by atoms with E-state index in [0.29, 0.717) is 26.1 Å². The highest BCUT2D eigenvalue weighted by Crippen LogP contribution is 2.27. The molecule has 0 spiro atoms. The van der Waals surface area contributed by atoms with E-state index in [-0.39, 0.29) is 15.7 Å². The zero-order valence-corrected chi connectivity index (χ0v) is 17.5. The molecule has 0 bridgehead atoms. The van der Waals surface area contributed by atoms with E-state index in [1.807, 2.05) is 24.3 Å². The first-order valence-corrected chi connectivity index (χ1v) is 11.7. The fourth-order valence-corrected chi connectivity index (χ4v) is 6.32. The fraction of sp³-hybridized carbons (Fsp3) is 0.389. The van der Waals surface area contributed by atoms with Crippen LogP contribution in [0.3, 0.4) is 0 Å². The Labute approximate surface area is 166 Å². The SMILES string of the molecule is O=C(NCCc1ccccc1Br)c1sccc1S(=O)(=O)N1CCCCC1. The highest BCUT2D eigenvalue weighted by atomic mass is 79.9. The van der Waals surface area contributed by atoms with Gasteiger partial charge in [-0.05, 0) is 42.3 Å². The molecule has 1 aromatic heterocycles. The van der Waals surface area contributed by atoms with Crippen molar-refractivity contribution in [2.24, 2.45) is 0 Å². The maximum absolute atomic E-state index is 12.9. The molecule has 0 aliphatic carbocycles. The van der Waals surface area contributed by atoms with Crippen LogP contribution < -0.4 is 5.32 Å². The highest BCUT2D eigenvalue weighted by Gasteiger charge is 2.30. The number of halogens is 1. The summed E-state index contributed by atoms with van der Waals surface area (Å²) in [5, 5.41) is 4.51. The molecule has 1 saturated heterocycles. The van der Waals surface area contributed by atoms with Crippen LogP contribution in [0.5, 0.6) is 0 Å². The number of benzene rings is 1. The Morgan fingerprint density at radius 3 is 2.62 bits per heavy atom. The van der Waals surface area contributed by atoms with E-state index in [1.54, 1.807) is 5.38 Å². The van der Waals surface area contributed by atoms with Gasteiger partial charge >= 0.3 is 0 Å². The van der Waals surface area contributed by atoms with Crippen molar-refractivity contribution in [1.82, 2.24) is 9.62 Å². The standard InChI is InChI=1S/C18H21BrN2O3S2/c19-15-7-3-2-6-14(15)8-10-20-18(22)17-16(9-13-25-17)26(23,24)21-11-4-1-5-12-21/h2-3,6-7,9,13H,1,4-5,8,10-12H2,(H,20,22). The van der Waals surface area contributed by atoms with Crippen molar-refractivity contribution < 1.29 is 13.2 Å². The normalized spacial score (nSPS) is 15.7. The average Bonchev–Trinajstić information content (AvgIpc) is 3.15. The predicted molar refractivity (Wildman–Crippen MR) is 107 cm³/mol. The third kappa shape index (κ3) is 4.36. The topological polar surface area (TPSA) is 66.5 Å². The minimum atomic E-state index is -3.60. The van der Waals surface area contributed by atoms with Crippen molar-refractivity contribution >= 4 is 43.2 Å². The molecule has 1 aliphatic rings. The van der Waals surface area contributed by atoms with Gasteiger partial charge in [-0.3, -0.25) is 4.79 Å². The second kappa shape index (κ2) is 8.65. The van der Waals surface area contributed by atoms with Gasteiger partial charge in [-0.15, -0.1) is 11.3 Å². The number of rotatable bonds is 6. The minimum absolute atomic E-state index is 0.128. The average molecular weight is 457 g/mol. The Bertz CT molecular complexity index is 874. The van der Waals surface area contributed by atoms with Crippen molar-refractivity contribution in [1.29, 1.82) is 0 Å². The van der Waals surface area contributed by atoms with Crippen molar-refractivity contribution in [3.05, 3.63) is 50.6 Å². The number of nitrogens with zero attached hydrogens (tertiary/aromatic N) is 1. The molecule has 1 amide bonds. The lowest BCUT2D eigenvalue weighted by molar-refractivity contribution is 0.0955. The molecule has 2 heterocycles. The fourth-order valence-electron chi connectivity index (χ4n) is 3.00. The number of sulfonamides is 1. The molecule has 1 aliphatic heterocycles. The van der Waals surface area contributed by atoms with Gasteiger partial charge in [0.1, 0.15) is 9.77 Å². The summed E-state index contributed by atoms with van der Waals surface area (Å²) in [4.78, 5) is 12.9. The first-order chi connectivity index (χ1) is 12.5. The van der Waals surface area contributed by atoms with Gasteiger partial charge in [0.2, 0.25) is 10.0 Å². The Morgan fingerprint density at radius 2 is 1.88 bits per heavy atom. The molecule has 0 unspecified atom stereocenters. The number of carbonyl (C=O) groups is 1. The van der Waals surface area contributed by atoms with Crippen LogP contribution in [-0.2, 0) is 16.4 Å². The van der Waals surface area contributed by atoms with Gasteiger partial charge < -0.3 is 5.32 Å². The maximum Gasteiger partial charge on any atom is 0.262 e. The number of hydrogen-bond donors (Lipinski definition) is 1. The van der Waals surface area contributed by atoms with Gasteiger partial charge in [0, 0.05) is 24.1 Å². The number of hydrogen-bond acceptors (Lipinski definition) is 4. The zero-order valence-electron chi connectivity index (χ0n) is 14.3. The maximum atomic E-state index is 12.9. The van der Waals surface area contributed by atoms with E-state index < -0.39 is 10.0 Å². The second-order valence-corrected chi connectivity index (χ2v) is 9.85. The molecule has 140 valence electrons. The van der Waals surface area contributed by atoms with Gasteiger partial charge in [0.25, 0.3) is 5.91 Å². The van der Waals surface area contributed by atoms with Crippen LogP contribution >= 0.6 is 27.3 Å². The summed E-state index contributed by atoms with van der Waals surface area (Å²) in [6.45, 7) is 1.51.